The maximum atomic E-state index is 14.5. The van der Waals surface area contributed by atoms with Gasteiger partial charge in [0.05, 0.1) is 13.0 Å². The van der Waals surface area contributed by atoms with E-state index in [0.29, 0.717) is 18.4 Å². The second-order valence-corrected chi connectivity index (χ2v) is 18.6. The summed E-state index contributed by atoms with van der Waals surface area (Å²) in [6.07, 6.45) is -0.330. The molecule has 2 heterocycles. The first kappa shape index (κ1) is 55.9. The fourth-order valence-corrected chi connectivity index (χ4v) is 8.53. The summed E-state index contributed by atoms with van der Waals surface area (Å²) < 4.78 is 0. The number of likely N-dealkylation sites (tertiary alicyclic amines) is 1. The van der Waals surface area contributed by atoms with Gasteiger partial charge in [0.15, 0.2) is 0 Å². The van der Waals surface area contributed by atoms with Crippen molar-refractivity contribution in [2.24, 2.45) is 29.0 Å². The summed E-state index contributed by atoms with van der Waals surface area (Å²) in [6.45, 7) is 6.70. The minimum Gasteiger partial charge on any atom is -0.508 e. The summed E-state index contributed by atoms with van der Waals surface area (Å²) >= 11 is 1.17. The average Bonchev–Trinajstić information content (AvgIpc) is 3.77. The highest BCUT2D eigenvalue weighted by atomic mass is 32.2. The Balaban J connectivity index is 2.02. The van der Waals surface area contributed by atoms with Crippen LogP contribution in [0, 0.1) is 11.8 Å². The van der Waals surface area contributed by atoms with Gasteiger partial charge >= 0.3 is 0 Å². The van der Waals surface area contributed by atoms with Crippen LogP contribution in [0.1, 0.15) is 91.0 Å². The van der Waals surface area contributed by atoms with Crippen molar-refractivity contribution in [2.75, 3.05) is 24.6 Å². The number of phenolic OH excluding ortho intramolecular Hbond substituents is 1. The minimum absolute atomic E-state index is 0.0227. The van der Waals surface area contributed by atoms with Crippen LogP contribution in [0.5, 0.6) is 5.75 Å². The fourth-order valence-electron chi connectivity index (χ4n) is 7.55. The number of hydrogen-bond acceptors (Lipinski definition) is 13. The Kier molecular flexibility index (Phi) is 22.5. The van der Waals surface area contributed by atoms with E-state index in [4.69, 9.17) is 17.2 Å². The highest BCUT2D eigenvalue weighted by Gasteiger charge is 2.40. The lowest BCUT2D eigenvalue weighted by Crippen LogP contribution is -2.61. The quantitative estimate of drug-likeness (QED) is 0.0753. The summed E-state index contributed by atoms with van der Waals surface area (Å²) in [4.78, 5) is 148. The van der Waals surface area contributed by atoms with E-state index >= 15 is 0 Å². The van der Waals surface area contributed by atoms with Gasteiger partial charge in [0.1, 0.15) is 48.0 Å². The molecular formula is C44H67N11O12S. The third-order valence-electron chi connectivity index (χ3n) is 11.4. The number of primary amides is 3. The molecular weight excluding hydrogens is 907 g/mol. The van der Waals surface area contributed by atoms with Crippen molar-refractivity contribution in [1.29, 1.82) is 0 Å². The number of nitrogens with two attached hydrogens (primary N) is 3. The summed E-state index contributed by atoms with van der Waals surface area (Å²) in [5, 5.41) is 27.9. The molecule has 1 aromatic rings. The predicted octanol–water partition coefficient (Wildman–Crippen LogP) is -2.80. The number of aromatic hydroxyl groups is 1. The molecule has 0 radical (unpaired) electrons. The summed E-state index contributed by atoms with van der Waals surface area (Å²) in [5.74, 6) is -9.37. The number of rotatable bonds is 17. The first-order valence-corrected chi connectivity index (χ1v) is 23.8. The Morgan fingerprint density at radius 1 is 0.809 bits per heavy atom. The first-order valence-electron chi connectivity index (χ1n) is 22.7. The minimum atomic E-state index is -1.72. The second-order valence-electron chi connectivity index (χ2n) is 17.5. The molecule has 2 aliphatic heterocycles. The monoisotopic (exact) mass is 973 g/mol. The number of hydrogen-bond donors (Lipinski definition) is 11. The van der Waals surface area contributed by atoms with Crippen LogP contribution < -0.4 is 54.4 Å². The standard InChI is InChI=1S/C44H67N11O12S/c1-5-24(4)37-43(66)50-27(14-15-33(45)57)39(62)51-30(20-34(46)58)40(63)53-31(22-68-17-7-9-36(60)49-29(41(64)54-37)19-25-10-12-26(56)13-11-25)44(67)55-16-6-8-32(55)42(65)52-28(18-23(2)3)38(61)48-21-35(47)59/h10-13,23-24,27-32,37,56H,5-9,14-22H2,1-4H3,(H2,45,57)(H2,46,58)(H2,47,59)(H,48,61)(H,49,60)(H,50,66)(H,51,62)(H,52,65)(H,53,63)(H,54,64)/t24-,27?,28-,29?,30-,31?,32-,37-/m0/s1. The predicted molar refractivity (Wildman–Crippen MR) is 248 cm³/mol. The van der Waals surface area contributed by atoms with E-state index in [9.17, 15) is 57.8 Å². The zero-order valence-corrected chi connectivity index (χ0v) is 39.7. The molecule has 1 aromatic carbocycles. The molecule has 8 atom stereocenters. The van der Waals surface area contributed by atoms with Crippen LogP contribution in [0.3, 0.4) is 0 Å². The van der Waals surface area contributed by atoms with Gasteiger partial charge in [0.25, 0.3) is 0 Å². The highest BCUT2D eigenvalue weighted by Crippen LogP contribution is 2.22. The molecule has 2 saturated heterocycles. The van der Waals surface area contributed by atoms with Gasteiger partial charge in [-0.25, -0.2) is 0 Å². The zero-order chi connectivity index (χ0) is 50.7. The van der Waals surface area contributed by atoms with Crippen molar-refractivity contribution in [1.82, 2.24) is 42.1 Å². The lowest BCUT2D eigenvalue weighted by molar-refractivity contribution is -0.142. The van der Waals surface area contributed by atoms with Crippen molar-refractivity contribution in [3.63, 3.8) is 0 Å². The molecule has 0 aliphatic carbocycles. The van der Waals surface area contributed by atoms with Gasteiger partial charge in [-0.1, -0.05) is 46.2 Å². The molecule has 23 nitrogen and oxygen atoms in total. The summed E-state index contributed by atoms with van der Waals surface area (Å²) in [5.41, 5.74) is 16.7. The number of carbonyl (C=O) groups excluding carboxylic acids is 11. The van der Waals surface area contributed by atoms with Gasteiger partial charge in [-0.3, -0.25) is 52.7 Å². The molecule has 376 valence electrons. The topological polar surface area (TPSA) is 374 Å². The van der Waals surface area contributed by atoms with Crippen LogP contribution >= 0.6 is 11.8 Å². The van der Waals surface area contributed by atoms with Crippen LogP contribution in [0.2, 0.25) is 0 Å². The van der Waals surface area contributed by atoms with Crippen LogP contribution in [-0.4, -0.2) is 142 Å². The largest absolute Gasteiger partial charge is 0.508 e. The van der Waals surface area contributed by atoms with E-state index in [1.807, 2.05) is 13.8 Å². The van der Waals surface area contributed by atoms with Crippen LogP contribution in [0.25, 0.3) is 0 Å². The first-order chi connectivity index (χ1) is 32.1. The number of amides is 11. The average molecular weight is 974 g/mol. The van der Waals surface area contributed by atoms with Crippen molar-refractivity contribution in [2.45, 2.75) is 134 Å². The molecule has 2 fully saturated rings. The Morgan fingerprint density at radius 2 is 1.46 bits per heavy atom. The fraction of sp³-hybridized carbons (Fsp3) is 0.614. The van der Waals surface area contributed by atoms with Crippen molar-refractivity contribution in [3.05, 3.63) is 29.8 Å². The van der Waals surface area contributed by atoms with E-state index < -0.39 is 133 Å². The Bertz CT molecular complexity index is 2010. The molecule has 11 amide bonds. The van der Waals surface area contributed by atoms with Crippen molar-refractivity contribution >= 4 is 76.7 Å². The van der Waals surface area contributed by atoms with Crippen LogP contribution in [-0.2, 0) is 59.2 Å². The number of benzene rings is 1. The van der Waals surface area contributed by atoms with E-state index in [2.05, 4.69) is 37.2 Å². The molecule has 0 aromatic heterocycles. The second kappa shape index (κ2) is 27.4. The van der Waals surface area contributed by atoms with Gasteiger partial charge < -0.3 is 64.4 Å². The molecule has 0 saturated carbocycles. The molecule has 14 N–H and O–H groups in total. The van der Waals surface area contributed by atoms with E-state index in [1.54, 1.807) is 26.0 Å². The van der Waals surface area contributed by atoms with Crippen molar-refractivity contribution in [3.8, 4) is 5.75 Å². The SMILES string of the molecule is CC[C@H](C)[C@@H]1NC(=O)C(Cc2ccc(O)cc2)NC(=O)CCCSCC(C(=O)N2CCC[C@H]2C(=O)N[C@@H](CC(C)C)C(=O)NCC(N)=O)NC(=O)[C@H](CC(N)=O)NC(=O)C(CCC(N)=O)NC1=O. The van der Waals surface area contributed by atoms with E-state index in [1.165, 1.54) is 28.8 Å². The number of phenols is 1. The maximum absolute atomic E-state index is 14.5. The van der Waals surface area contributed by atoms with Crippen LogP contribution in [0.15, 0.2) is 24.3 Å². The lowest BCUT2D eigenvalue weighted by atomic mass is 9.96. The third kappa shape index (κ3) is 18.3. The summed E-state index contributed by atoms with van der Waals surface area (Å²) in [6, 6.07) is -3.37. The maximum Gasteiger partial charge on any atom is 0.246 e. The Labute approximate surface area is 399 Å². The molecule has 68 heavy (non-hydrogen) atoms. The van der Waals surface area contributed by atoms with Gasteiger partial charge in [0.2, 0.25) is 65.0 Å². The molecule has 2 aliphatic rings. The summed E-state index contributed by atoms with van der Waals surface area (Å²) in [7, 11) is 0. The Hall–Kier alpha value is -6.46. The van der Waals surface area contributed by atoms with Gasteiger partial charge in [-0.15, -0.1) is 0 Å². The Morgan fingerprint density at radius 3 is 2.07 bits per heavy atom. The highest BCUT2D eigenvalue weighted by molar-refractivity contribution is 7.99. The molecule has 0 bridgehead atoms. The van der Waals surface area contributed by atoms with Gasteiger partial charge in [-0.05, 0) is 67.4 Å². The van der Waals surface area contributed by atoms with Gasteiger partial charge in [0, 0.05) is 31.6 Å². The normalized spacial score (nSPS) is 23.4. The molecule has 3 rings (SSSR count). The van der Waals surface area contributed by atoms with Crippen LogP contribution in [0.4, 0.5) is 0 Å². The lowest BCUT2D eigenvalue weighted by Gasteiger charge is -2.31. The smallest absolute Gasteiger partial charge is 0.246 e. The van der Waals surface area contributed by atoms with E-state index in [-0.39, 0.29) is 68.2 Å². The third-order valence-corrected chi connectivity index (χ3v) is 12.5. The molecule has 24 heteroatoms. The number of thioether (sulfide) groups is 1. The van der Waals surface area contributed by atoms with Crippen molar-refractivity contribution < 1.29 is 57.8 Å². The number of nitrogens with zero attached hydrogens (tertiary/aromatic N) is 1. The molecule has 0 spiro atoms. The van der Waals surface area contributed by atoms with Gasteiger partial charge in [-0.2, -0.15) is 11.8 Å². The number of nitrogens with one attached hydrogen (secondary N) is 7. The number of carbonyl (C=O) groups is 11. The molecule has 3 unspecified atom stereocenters. The van der Waals surface area contributed by atoms with E-state index in [0.717, 1.165) is 0 Å². The zero-order valence-electron chi connectivity index (χ0n) is 38.9.